The van der Waals surface area contributed by atoms with E-state index >= 15 is 0 Å². The molecule has 2 rings (SSSR count). The van der Waals surface area contributed by atoms with E-state index in [0.717, 1.165) is 30.6 Å². The lowest BCUT2D eigenvalue weighted by molar-refractivity contribution is -0.607. The number of benzene rings is 1. The number of non-ortho nitro benzene ring substituents is 1. The summed E-state index contributed by atoms with van der Waals surface area (Å²) in [7, 11) is 0. The predicted octanol–water partition coefficient (Wildman–Crippen LogP) is 1.59. The minimum absolute atomic E-state index is 0.155. The van der Waals surface area contributed by atoms with Crippen LogP contribution in [0.5, 0.6) is 5.75 Å². The highest BCUT2D eigenvalue weighted by molar-refractivity contribution is 5.92. The number of rotatable bonds is 6. The lowest BCUT2D eigenvalue weighted by Crippen LogP contribution is -2.37. The average Bonchev–Trinajstić information content (AvgIpc) is 2.55. The molecule has 0 saturated heterocycles. The zero-order valence-electron chi connectivity index (χ0n) is 12.3. The van der Waals surface area contributed by atoms with Gasteiger partial charge in [-0.1, -0.05) is 0 Å². The van der Waals surface area contributed by atoms with Crippen molar-refractivity contribution in [1.82, 2.24) is 5.43 Å². The molecule has 0 radical (unpaired) electrons. The predicted molar refractivity (Wildman–Crippen MR) is 80.2 cm³/mol. The van der Waals surface area contributed by atoms with Crippen LogP contribution in [0, 0.1) is 15.3 Å². The number of hydrogen-bond donors (Lipinski definition) is 1. The van der Waals surface area contributed by atoms with Gasteiger partial charge in [-0.05, 0) is 12.1 Å². The molecule has 1 aromatic carbocycles. The number of carbonyl (C=O) groups excluding carboxylic acids is 1. The summed E-state index contributed by atoms with van der Waals surface area (Å²) < 4.78 is 29.3. The van der Waals surface area contributed by atoms with E-state index < -0.39 is 17.4 Å². The van der Waals surface area contributed by atoms with E-state index in [2.05, 4.69) is 9.84 Å². The summed E-state index contributed by atoms with van der Waals surface area (Å²) >= 11 is 0. The Labute approximate surface area is 138 Å². The fourth-order valence-electron chi connectivity index (χ4n) is 1.78. The van der Waals surface area contributed by atoms with Crippen LogP contribution in [0.2, 0.25) is 0 Å². The molecule has 1 amide bonds. The van der Waals surface area contributed by atoms with Crippen molar-refractivity contribution in [3.63, 3.8) is 0 Å². The van der Waals surface area contributed by atoms with Crippen molar-refractivity contribution in [2.45, 2.75) is 6.61 Å². The van der Waals surface area contributed by atoms with Crippen LogP contribution in [0.15, 0.2) is 47.7 Å². The Hall–Kier alpha value is -3.63. The highest BCUT2D eigenvalue weighted by Gasteiger charge is 2.15. The lowest BCUT2D eigenvalue weighted by Gasteiger charge is -2.07. The second kappa shape index (κ2) is 7.77. The molecule has 0 spiro atoms. The minimum atomic E-state index is -3.15. The Balaban J connectivity index is 2.21. The molecule has 0 aliphatic carbocycles. The van der Waals surface area contributed by atoms with Crippen LogP contribution in [-0.2, 0) is 0 Å². The molecule has 1 aromatic heterocycles. The number of pyridine rings is 1. The summed E-state index contributed by atoms with van der Waals surface area (Å²) in [5.41, 5.74) is 1.23. The molecule has 0 bridgehead atoms. The van der Waals surface area contributed by atoms with Crippen molar-refractivity contribution in [3.8, 4) is 5.75 Å². The Kier molecular flexibility index (Phi) is 5.50. The van der Waals surface area contributed by atoms with Crippen LogP contribution in [0.4, 0.5) is 14.5 Å². The number of amides is 1. The maximum Gasteiger partial charge on any atom is 0.387 e. The largest absolute Gasteiger partial charge is 0.618 e. The molecule has 0 aliphatic rings. The van der Waals surface area contributed by atoms with Crippen molar-refractivity contribution in [2.75, 3.05) is 0 Å². The van der Waals surface area contributed by atoms with Gasteiger partial charge in [0, 0.05) is 29.8 Å². The molecule has 9 nitrogen and oxygen atoms in total. The zero-order chi connectivity index (χ0) is 18.4. The van der Waals surface area contributed by atoms with Gasteiger partial charge in [-0.2, -0.15) is 18.6 Å². The van der Waals surface area contributed by atoms with Gasteiger partial charge in [0.05, 0.1) is 11.1 Å². The summed E-state index contributed by atoms with van der Waals surface area (Å²) in [5, 5.41) is 25.7. The standard InChI is InChI=1S/C14H10F2N4O5/c15-14(16)25-12-5-4-10(20(23)24)7-9(12)8-17-18-13(21)11-3-1-2-6-19(11)22/h1-8,14H,(H,18,21)/b17-8+. The summed E-state index contributed by atoms with van der Waals surface area (Å²) in [6.45, 7) is -3.15. The van der Waals surface area contributed by atoms with Gasteiger partial charge in [-0.3, -0.25) is 14.9 Å². The smallest absolute Gasteiger partial charge is 0.387 e. The van der Waals surface area contributed by atoms with Gasteiger partial charge in [-0.25, -0.2) is 5.43 Å². The Morgan fingerprint density at radius 1 is 1.36 bits per heavy atom. The molecule has 25 heavy (non-hydrogen) atoms. The first-order chi connectivity index (χ1) is 11.9. The number of ether oxygens (including phenoxy) is 1. The highest BCUT2D eigenvalue weighted by Crippen LogP contribution is 2.24. The molecular weight excluding hydrogens is 342 g/mol. The van der Waals surface area contributed by atoms with E-state index in [0.29, 0.717) is 4.73 Å². The summed E-state index contributed by atoms with van der Waals surface area (Å²) in [6, 6.07) is 7.04. The van der Waals surface area contributed by atoms with Crippen molar-refractivity contribution in [1.29, 1.82) is 0 Å². The lowest BCUT2D eigenvalue weighted by atomic mass is 10.2. The monoisotopic (exact) mass is 352 g/mol. The normalized spacial score (nSPS) is 10.8. The molecule has 130 valence electrons. The van der Waals surface area contributed by atoms with Crippen molar-refractivity contribution in [3.05, 3.63) is 69.2 Å². The van der Waals surface area contributed by atoms with Crippen LogP contribution in [0.1, 0.15) is 16.1 Å². The van der Waals surface area contributed by atoms with Crippen molar-refractivity contribution < 1.29 is 28.0 Å². The quantitative estimate of drug-likeness (QED) is 0.278. The van der Waals surface area contributed by atoms with E-state index in [-0.39, 0.29) is 22.7 Å². The number of nitro groups is 1. The molecule has 1 heterocycles. The number of nitrogens with zero attached hydrogens (tertiary/aromatic N) is 3. The van der Waals surface area contributed by atoms with Gasteiger partial charge >= 0.3 is 12.5 Å². The summed E-state index contributed by atoms with van der Waals surface area (Å²) in [4.78, 5) is 21.8. The average molecular weight is 352 g/mol. The Bertz CT molecular complexity index is 829. The van der Waals surface area contributed by atoms with Gasteiger partial charge in [0.15, 0.2) is 6.20 Å². The maximum absolute atomic E-state index is 12.4. The van der Waals surface area contributed by atoms with E-state index in [9.17, 15) is 28.9 Å². The Morgan fingerprint density at radius 3 is 2.76 bits per heavy atom. The summed E-state index contributed by atoms with van der Waals surface area (Å²) in [5.74, 6) is -1.22. The number of nitro benzene ring substituents is 1. The minimum Gasteiger partial charge on any atom is -0.618 e. The fourth-order valence-corrected chi connectivity index (χ4v) is 1.78. The molecule has 11 heteroatoms. The molecule has 2 aromatic rings. The van der Waals surface area contributed by atoms with Gasteiger partial charge in [0.1, 0.15) is 5.75 Å². The number of hydrogen-bond acceptors (Lipinski definition) is 6. The van der Waals surface area contributed by atoms with E-state index in [1.54, 1.807) is 0 Å². The first-order valence-corrected chi connectivity index (χ1v) is 6.63. The van der Waals surface area contributed by atoms with Crippen molar-refractivity contribution in [2.24, 2.45) is 5.10 Å². The first kappa shape index (κ1) is 17.7. The topological polar surface area (TPSA) is 121 Å². The first-order valence-electron chi connectivity index (χ1n) is 6.63. The molecule has 0 atom stereocenters. The van der Waals surface area contributed by atoms with Crippen LogP contribution < -0.4 is 14.9 Å². The van der Waals surface area contributed by atoms with Gasteiger partial charge in [0.25, 0.3) is 11.4 Å². The number of nitrogens with one attached hydrogen (secondary N) is 1. The van der Waals surface area contributed by atoms with Crippen LogP contribution in [0.25, 0.3) is 0 Å². The molecule has 0 fully saturated rings. The van der Waals surface area contributed by atoms with Crippen molar-refractivity contribution >= 4 is 17.8 Å². The zero-order valence-corrected chi connectivity index (χ0v) is 12.3. The van der Waals surface area contributed by atoms with Crippen LogP contribution >= 0.6 is 0 Å². The number of carbonyl (C=O) groups is 1. The third-order valence-corrected chi connectivity index (χ3v) is 2.85. The second-order valence-corrected chi connectivity index (χ2v) is 4.47. The van der Waals surface area contributed by atoms with E-state index in [1.165, 1.54) is 18.2 Å². The number of aromatic nitrogens is 1. The SMILES string of the molecule is O=C(N/N=C/c1cc([N+](=O)[O-])ccc1OC(F)F)c1cccc[n+]1[O-]. The summed E-state index contributed by atoms with van der Waals surface area (Å²) in [6.07, 6.45) is 1.99. The highest BCUT2D eigenvalue weighted by atomic mass is 19.3. The van der Waals surface area contributed by atoms with Gasteiger partial charge in [0.2, 0.25) is 0 Å². The maximum atomic E-state index is 12.4. The van der Waals surface area contributed by atoms with E-state index in [4.69, 9.17) is 0 Å². The third kappa shape index (κ3) is 4.67. The van der Waals surface area contributed by atoms with Gasteiger partial charge in [-0.15, -0.1) is 0 Å². The Morgan fingerprint density at radius 2 is 2.12 bits per heavy atom. The van der Waals surface area contributed by atoms with Crippen LogP contribution in [-0.4, -0.2) is 23.7 Å². The van der Waals surface area contributed by atoms with Gasteiger partial charge < -0.3 is 9.94 Å². The molecule has 0 aliphatic heterocycles. The molecule has 1 N–H and O–H groups in total. The molecule has 0 saturated carbocycles. The third-order valence-electron chi connectivity index (χ3n) is 2.85. The number of halogens is 2. The second-order valence-electron chi connectivity index (χ2n) is 4.47. The van der Waals surface area contributed by atoms with E-state index in [1.807, 2.05) is 5.43 Å². The molecular formula is C14H10F2N4O5. The number of hydrazone groups is 1. The van der Waals surface area contributed by atoms with Crippen LogP contribution in [0.3, 0.4) is 0 Å². The fraction of sp³-hybridized carbons (Fsp3) is 0.0714. The number of alkyl halides is 2. The molecule has 0 unspecified atom stereocenters.